The second kappa shape index (κ2) is 8.98. The van der Waals surface area contributed by atoms with Crippen LogP contribution in [0.1, 0.15) is 47.4 Å². The number of hydrogen-bond acceptors (Lipinski definition) is 5. The fourth-order valence-electron chi connectivity index (χ4n) is 5.06. The van der Waals surface area contributed by atoms with E-state index in [1.165, 1.54) is 11.4 Å². The number of aromatic nitrogens is 3. The first-order valence-electron chi connectivity index (χ1n) is 11.7. The lowest BCUT2D eigenvalue weighted by Gasteiger charge is -2.45. The Balaban J connectivity index is 1.20. The maximum atomic E-state index is 13.1. The molecular formula is C26H30N4O3. The molecule has 7 heteroatoms. The van der Waals surface area contributed by atoms with Crippen LogP contribution in [0.4, 0.5) is 0 Å². The Morgan fingerprint density at radius 1 is 1.03 bits per heavy atom. The van der Waals surface area contributed by atoms with Gasteiger partial charge in [-0.25, -0.2) is 9.97 Å². The van der Waals surface area contributed by atoms with Crippen LogP contribution in [0.15, 0.2) is 54.9 Å². The van der Waals surface area contributed by atoms with Crippen LogP contribution < -0.4 is 4.74 Å². The van der Waals surface area contributed by atoms with Gasteiger partial charge >= 0.3 is 6.01 Å². The van der Waals surface area contributed by atoms with Crippen LogP contribution in [0.2, 0.25) is 0 Å². The summed E-state index contributed by atoms with van der Waals surface area (Å²) in [6, 6.07) is 14.3. The van der Waals surface area contributed by atoms with Crippen molar-refractivity contribution in [3.05, 3.63) is 71.8 Å². The van der Waals surface area contributed by atoms with Gasteiger partial charge in [-0.05, 0) is 69.2 Å². The van der Waals surface area contributed by atoms with Crippen molar-refractivity contribution >= 4 is 5.91 Å². The number of nitrogens with zero attached hydrogens (tertiary/aromatic N) is 4. The van der Waals surface area contributed by atoms with Gasteiger partial charge in [0.25, 0.3) is 5.91 Å². The van der Waals surface area contributed by atoms with Crippen LogP contribution in [-0.4, -0.2) is 56.7 Å². The maximum absolute atomic E-state index is 13.1. The standard InChI is InChI=1S/C26H30N4O3/c1-19-4-5-20(2)30(19)22-8-6-21(7-9-22)24(31)29-15-11-26(12-16-29)18-23(10-17-32-26)33-25-27-13-3-14-28-25/h3-9,13-14,23H,10-12,15-18H2,1-2H3. The van der Waals surface area contributed by atoms with Crippen molar-refractivity contribution in [1.29, 1.82) is 0 Å². The van der Waals surface area contributed by atoms with Crippen molar-refractivity contribution in [2.75, 3.05) is 19.7 Å². The summed E-state index contributed by atoms with van der Waals surface area (Å²) in [6.45, 7) is 6.21. The second-order valence-electron chi connectivity index (χ2n) is 9.09. The molecule has 4 heterocycles. The van der Waals surface area contributed by atoms with Crippen LogP contribution in [0.5, 0.6) is 6.01 Å². The van der Waals surface area contributed by atoms with E-state index in [4.69, 9.17) is 9.47 Å². The number of aryl methyl sites for hydroxylation is 2. The topological polar surface area (TPSA) is 69.5 Å². The molecule has 33 heavy (non-hydrogen) atoms. The molecule has 0 saturated carbocycles. The fourth-order valence-corrected chi connectivity index (χ4v) is 5.06. The predicted molar refractivity (Wildman–Crippen MR) is 125 cm³/mol. The minimum Gasteiger partial charge on any atom is -0.460 e. The molecule has 172 valence electrons. The Bertz CT molecular complexity index is 1080. The van der Waals surface area contributed by atoms with Gasteiger partial charge < -0.3 is 18.9 Å². The molecule has 0 radical (unpaired) electrons. The zero-order valence-corrected chi connectivity index (χ0v) is 19.2. The zero-order valence-electron chi connectivity index (χ0n) is 19.2. The van der Waals surface area contributed by atoms with E-state index in [2.05, 4.69) is 40.5 Å². The number of carbonyl (C=O) groups excluding carboxylic acids is 1. The number of rotatable bonds is 4. The van der Waals surface area contributed by atoms with E-state index in [0.29, 0.717) is 25.7 Å². The highest BCUT2D eigenvalue weighted by molar-refractivity contribution is 5.94. The molecule has 1 unspecified atom stereocenters. The number of benzene rings is 1. The number of carbonyl (C=O) groups is 1. The molecule has 0 bridgehead atoms. The Labute approximate surface area is 194 Å². The van der Waals surface area contributed by atoms with Crippen molar-refractivity contribution < 1.29 is 14.3 Å². The lowest BCUT2D eigenvalue weighted by molar-refractivity contribution is -0.136. The SMILES string of the molecule is Cc1ccc(C)n1-c1ccc(C(=O)N2CCC3(CC2)CC(Oc2ncccn2)CCO3)cc1. The van der Waals surface area contributed by atoms with E-state index >= 15 is 0 Å². The second-order valence-corrected chi connectivity index (χ2v) is 9.09. The van der Waals surface area contributed by atoms with Crippen molar-refractivity contribution in [3.8, 4) is 11.7 Å². The van der Waals surface area contributed by atoms with Gasteiger partial charge in [0.2, 0.25) is 0 Å². The van der Waals surface area contributed by atoms with E-state index in [9.17, 15) is 4.79 Å². The summed E-state index contributed by atoms with van der Waals surface area (Å²) in [5.41, 5.74) is 3.93. The summed E-state index contributed by atoms with van der Waals surface area (Å²) in [7, 11) is 0. The number of likely N-dealkylation sites (tertiary alicyclic amines) is 1. The lowest BCUT2D eigenvalue weighted by Crippen LogP contribution is -2.52. The molecule has 2 fully saturated rings. The first-order chi connectivity index (χ1) is 16.0. The van der Waals surface area contributed by atoms with Crippen LogP contribution in [-0.2, 0) is 4.74 Å². The molecule has 5 rings (SSSR count). The number of ether oxygens (including phenoxy) is 2. The van der Waals surface area contributed by atoms with Crippen LogP contribution >= 0.6 is 0 Å². The molecule has 2 aliphatic heterocycles. The molecule has 1 atom stereocenters. The van der Waals surface area contributed by atoms with Gasteiger partial charge in [-0.2, -0.15) is 0 Å². The third-order valence-electron chi connectivity index (χ3n) is 6.87. The normalized spacial score (nSPS) is 20.1. The highest BCUT2D eigenvalue weighted by Crippen LogP contribution is 2.36. The molecule has 7 nitrogen and oxygen atoms in total. The molecule has 3 aromatic rings. The van der Waals surface area contributed by atoms with Gasteiger partial charge in [0.05, 0.1) is 12.2 Å². The highest BCUT2D eigenvalue weighted by atomic mass is 16.5. The summed E-state index contributed by atoms with van der Waals surface area (Å²) in [6.07, 6.45) is 6.68. The van der Waals surface area contributed by atoms with Gasteiger partial charge in [-0.15, -0.1) is 0 Å². The first kappa shape index (κ1) is 21.6. The van der Waals surface area contributed by atoms with E-state index < -0.39 is 0 Å². The third-order valence-corrected chi connectivity index (χ3v) is 6.87. The molecule has 2 aromatic heterocycles. The van der Waals surface area contributed by atoms with Gasteiger partial charge in [-0.3, -0.25) is 4.79 Å². The quantitative estimate of drug-likeness (QED) is 0.603. The molecule has 2 saturated heterocycles. The van der Waals surface area contributed by atoms with Crippen molar-refractivity contribution in [3.63, 3.8) is 0 Å². The minimum atomic E-state index is -0.234. The highest BCUT2D eigenvalue weighted by Gasteiger charge is 2.42. The molecular weight excluding hydrogens is 416 g/mol. The largest absolute Gasteiger partial charge is 0.460 e. The number of hydrogen-bond donors (Lipinski definition) is 0. The summed E-state index contributed by atoms with van der Waals surface area (Å²) in [4.78, 5) is 23.4. The molecule has 1 spiro atoms. The fraction of sp³-hybridized carbons (Fsp3) is 0.423. The predicted octanol–water partition coefficient (Wildman–Crippen LogP) is 4.12. The Hall–Kier alpha value is -3.19. The zero-order chi connectivity index (χ0) is 22.8. The monoisotopic (exact) mass is 446 g/mol. The minimum absolute atomic E-state index is 0.0385. The van der Waals surface area contributed by atoms with E-state index in [1.54, 1.807) is 18.5 Å². The Morgan fingerprint density at radius 3 is 2.36 bits per heavy atom. The summed E-state index contributed by atoms with van der Waals surface area (Å²) in [5.74, 6) is 0.0821. The number of amides is 1. The van der Waals surface area contributed by atoms with E-state index in [0.717, 1.165) is 36.9 Å². The van der Waals surface area contributed by atoms with Crippen LogP contribution in [0.3, 0.4) is 0 Å². The molecule has 2 aliphatic rings. The molecule has 1 amide bonds. The van der Waals surface area contributed by atoms with Gasteiger partial charge in [0.15, 0.2) is 0 Å². The van der Waals surface area contributed by atoms with Crippen molar-refractivity contribution in [2.24, 2.45) is 0 Å². The summed E-state index contributed by atoms with van der Waals surface area (Å²) >= 11 is 0. The Morgan fingerprint density at radius 2 is 1.70 bits per heavy atom. The average Bonchev–Trinajstić information content (AvgIpc) is 3.18. The van der Waals surface area contributed by atoms with Crippen LogP contribution in [0.25, 0.3) is 5.69 Å². The maximum Gasteiger partial charge on any atom is 0.316 e. The molecule has 1 aromatic carbocycles. The van der Waals surface area contributed by atoms with Crippen LogP contribution in [0, 0.1) is 13.8 Å². The van der Waals surface area contributed by atoms with Crippen molar-refractivity contribution in [2.45, 2.75) is 51.2 Å². The van der Waals surface area contributed by atoms with E-state index in [-0.39, 0.29) is 17.6 Å². The lowest BCUT2D eigenvalue weighted by atomic mass is 9.83. The average molecular weight is 447 g/mol. The third kappa shape index (κ3) is 4.50. The first-order valence-corrected chi connectivity index (χ1v) is 11.7. The van der Waals surface area contributed by atoms with Gasteiger partial charge in [0.1, 0.15) is 6.10 Å². The summed E-state index contributed by atoms with van der Waals surface area (Å²) in [5, 5.41) is 0. The number of piperidine rings is 1. The Kier molecular flexibility index (Phi) is 5.89. The van der Waals surface area contributed by atoms with Gasteiger partial charge in [0, 0.05) is 61.0 Å². The van der Waals surface area contributed by atoms with Crippen molar-refractivity contribution in [1.82, 2.24) is 19.4 Å². The van der Waals surface area contributed by atoms with Gasteiger partial charge in [-0.1, -0.05) is 0 Å². The molecule has 0 aliphatic carbocycles. The molecule has 0 N–H and O–H groups in total. The summed E-state index contributed by atoms with van der Waals surface area (Å²) < 4.78 is 14.4. The smallest absolute Gasteiger partial charge is 0.316 e. The van der Waals surface area contributed by atoms with E-state index in [1.807, 2.05) is 29.2 Å².